The molecule has 2 saturated heterocycles. The van der Waals surface area contributed by atoms with Crippen LogP contribution in [0.5, 0.6) is 0 Å². The van der Waals surface area contributed by atoms with Gasteiger partial charge < -0.3 is 40.9 Å². The highest BCUT2D eigenvalue weighted by atomic mass is 35.5. The number of piperidine rings is 1. The number of nitrogen functional groups attached to an aromatic ring is 1. The van der Waals surface area contributed by atoms with Crippen molar-refractivity contribution in [2.24, 2.45) is 0 Å². The van der Waals surface area contributed by atoms with Gasteiger partial charge >= 0.3 is 11.9 Å². The quantitative estimate of drug-likeness (QED) is 0.180. The van der Waals surface area contributed by atoms with E-state index in [0.29, 0.717) is 85.7 Å². The lowest BCUT2D eigenvalue weighted by Gasteiger charge is -2.41. The number of carboxylic acids is 2. The maximum absolute atomic E-state index is 15.4. The van der Waals surface area contributed by atoms with Gasteiger partial charge in [0.25, 0.3) is 0 Å². The molecule has 41 heavy (non-hydrogen) atoms. The van der Waals surface area contributed by atoms with E-state index in [2.05, 4.69) is 9.88 Å². The van der Waals surface area contributed by atoms with E-state index in [4.69, 9.17) is 42.5 Å². The number of anilines is 1. The zero-order valence-corrected chi connectivity index (χ0v) is 23.1. The van der Waals surface area contributed by atoms with Gasteiger partial charge in [-0.15, -0.1) is 0 Å². The smallest absolute Gasteiger partial charge is 0.335 e. The number of carboxylic acid groups (broad SMARTS) is 2. The number of aliphatic hydroxyl groups excluding tert-OH is 2. The van der Waals surface area contributed by atoms with Crippen LogP contribution in [0, 0.1) is 0 Å². The Morgan fingerprint density at radius 2 is 1.68 bits per heavy atom. The number of nitrogens with zero attached hydrogens (tertiary/aromatic N) is 2. The Balaban J connectivity index is 0.000000397. The number of rotatable bonds is 9. The number of aromatic nitrogens is 1. The molecule has 226 valence electrons. The van der Waals surface area contributed by atoms with Gasteiger partial charge in [-0.1, -0.05) is 11.6 Å². The summed E-state index contributed by atoms with van der Waals surface area (Å²) < 4.78 is 20.8. The second kappa shape index (κ2) is 13.8. The molecule has 2 atom stereocenters. The van der Waals surface area contributed by atoms with Crippen LogP contribution in [0.25, 0.3) is 10.9 Å². The summed E-state index contributed by atoms with van der Waals surface area (Å²) in [5.41, 5.74) is 5.17. The maximum Gasteiger partial charge on any atom is 0.335 e. The van der Waals surface area contributed by atoms with Crippen LogP contribution in [0.1, 0.15) is 48.9 Å². The van der Waals surface area contributed by atoms with Gasteiger partial charge in [-0.25, -0.2) is 14.0 Å². The highest BCUT2D eigenvalue weighted by Gasteiger charge is 2.38. The number of benzene rings is 1. The summed E-state index contributed by atoms with van der Waals surface area (Å²) in [7, 11) is 0. The van der Waals surface area contributed by atoms with Gasteiger partial charge in [-0.05, 0) is 37.5 Å². The Labute approximate surface area is 240 Å². The number of pyridine rings is 1. The molecule has 0 bridgehead atoms. The fraction of sp³-hybridized carbons (Fsp3) is 0.556. The van der Waals surface area contributed by atoms with E-state index in [0.717, 1.165) is 0 Å². The molecule has 2 aliphatic heterocycles. The van der Waals surface area contributed by atoms with Gasteiger partial charge in [0.1, 0.15) is 5.67 Å². The SMILES string of the molecule is Nc1c(Cl)cc(C(=O)CCC2(F)CCN(CC3(O)CCOCC3)CC2)c2ncccc12.O=C(O)C(O)C(O)C(=O)O. The predicted molar refractivity (Wildman–Crippen MR) is 147 cm³/mol. The molecule has 2 unspecified atom stereocenters. The number of halogens is 2. The first-order valence-corrected chi connectivity index (χ1v) is 13.5. The fourth-order valence-electron chi connectivity index (χ4n) is 4.88. The molecule has 1 aromatic heterocycles. The van der Waals surface area contributed by atoms with Crippen molar-refractivity contribution >= 4 is 45.9 Å². The van der Waals surface area contributed by atoms with Crippen LogP contribution in [-0.4, -0.2) is 109 Å². The van der Waals surface area contributed by atoms with E-state index < -0.39 is 35.4 Å². The van der Waals surface area contributed by atoms with Crippen molar-refractivity contribution in [2.75, 3.05) is 38.6 Å². The molecule has 0 amide bonds. The molecule has 3 heterocycles. The summed E-state index contributed by atoms with van der Waals surface area (Å²) >= 11 is 6.21. The Morgan fingerprint density at radius 1 is 1.10 bits per heavy atom. The molecule has 0 aliphatic carbocycles. The highest BCUT2D eigenvalue weighted by Crippen LogP contribution is 2.35. The van der Waals surface area contributed by atoms with E-state index in [-0.39, 0.29) is 18.6 Å². The van der Waals surface area contributed by atoms with E-state index in [1.807, 2.05) is 0 Å². The van der Waals surface area contributed by atoms with Crippen molar-refractivity contribution in [3.8, 4) is 0 Å². The van der Waals surface area contributed by atoms with Gasteiger partial charge in [0.05, 0.1) is 21.8 Å². The minimum absolute atomic E-state index is 0.0870. The van der Waals surface area contributed by atoms with Crippen molar-refractivity contribution < 1.29 is 49.0 Å². The molecule has 0 radical (unpaired) electrons. The van der Waals surface area contributed by atoms with Crippen LogP contribution in [0.2, 0.25) is 5.02 Å². The maximum atomic E-state index is 15.4. The largest absolute Gasteiger partial charge is 0.479 e. The van der Waals surface area contributed by atoms with Crippen LogP contribution in [0.4, 0.5) is 10.1 Å². The van der Waals surface area contributed by atoms with Crippen molar-refractivity contribution in [3.05, 3.63) is 35.0 Å². The summed E-state index contributed by atoms with van der Waals surface area (Å²) in [6, 6.07) is 5.06. The summed E-state index contributed by atoms with van der Waals surface area (Å²) in [6.07, 6.45) is -0.739. The van der Waals surface area contributed by atoms with Crippen LogP contribution in [0.3, 0.4) is 0 Å². The number of alkyl halides is 1. The zero-order chi connectivity index (χ0) is 30.4. The van der Waals surface area contributed by atoms with Crippen molar-refractivity contribution in [1.29, 1.82) is 0 Å². The lowest BCUT2D eigenvalue weighted by Crippen LogP contribution is -2.51. The number of hydrogen-bond donors (Lipinski definition) is 6. The zero-order valence-electron chi connectivity index (χ0n) is 22.3. The summed E-state index contributed by atoms with van der Waals surface area (Å²) in [6.45, 7) is 2.83. The molecule has 12 nitrogen and oxygen atoms in total. The molecule has 2 aromatic rings. The Morgan fingerprint density at radius 3 is 2.24 bits per heavy atom. The molecular weight excluding hydrogens is 565 g/mol. The third-order valence-electron chi connectivity index (χ3n) is 7.48. The predicted octanol–water partition coefficient (Wildman–Crippen LogP) is 1.66. The van der Waals surface area contributed by atoms with E-state index in [9.17, 15) is 19.5 Å². The molecule has 0 saturated carbocycles. The average Bonchev–Trinajstić information content (AvgIpc) is 2.95. The lowest BCUT2D eigenvalue weighted by atomic mass is 9.86. The number of fused-ring (bicyclic) bond motifs is 1. The first-order valence-electron chi connectivity index (χ1n) is 13.1. The summed E-state index contributed by atoms with van der Waals surface area (Å²) in [4.78, 5) is 38.9. The number of aliphatic carboxylic acids is 2. The topological polar surface area (TPSA) is 204 Å². The minimum Gasteiger partial charge on any atom is -0.479 e. The standard InChI is InChI=1S/C23H29ClFN3O3.C4H6O6/c24-18-14-17(21-16(20(18)26)2-1-9-27-21)19(29)3-4-22(25)5-10-28(11-6-22)15-23(30)7-12-31-13-8-23;5-1(3(7)8)2(6)4(9)10/h1-2,9,14,30H,3-8,10-13,15,26H2;1-2,5-6H,(H,7,8)(H,9,10). The molecule has 1 aromatic carbocycles. The van der Waals surface area contributed by atoms with Crippen molar-refractivity contribution in [2.45, 2.75) is 62.0 Å². The number of carbonyl (C=O) groups excluding carboxylic acids is 1. The number of nitrogens with two attached hydrogens (primary N) is 1. The molecule has 14 heteroatoms. The summed E-state index contributed by atoms with van der Waals surface area (Å²) in [5, 5.41) is 44.2. The summed E-state index contributed by atoms with van der Waals surface area (Å²) in [5.74, 6) is -3.72. The molecular formula is C27H35ClFN3O9. The van der Waals surface area contributed by atoms with Crippen molar-refractivity contribution in [3.63, 3.8) is 0 Å². The van der Waals surface area contributed by atoms with Crippen LogP contribution >= 0.6 is 11.6 Å². The molecule has 2 aliphatic rings. The number of carbonyl (C=O) groups is 3. The van der Waals surface area contributed by atoms with Gasteiger partial charge in [0, 0.05) is 69.3 Å². The Bertz CT molecular complexity index is 1230. The van der Waals surface area contributed by atoms with E-state index in [1.54, 1.807) is 18.3 Å². The normalized spacial score (nSPS) is 19.9. The second-order valence-corrected chi connectivity index (χ2v) is 10.9. The van der Waals surface area contributed by atoms with Crippen LogP contribution < -0.4 is 5.73 Å². The first-order chi connectivity index (χ1) is 19.3. The van der Waals surface area contributed by atoms with Crippen LogP contribution in [0.15, 0.2) is 24.4 Å². The van der Waals surface area contributed by atoms with Gasteiger partial charge in [0.15, 0.2) is 18.0 Å². The number of Topliss-reactive ketones (excluding diaryl/α,β-unsaturated/α-hetero) is 1. The monoisotopic (exact) mass is 599 g/mol. The number of aliphatic hydroxyl groups is 3. The van der Waals surface area contributed by atoms with E-state index >= 15 is 4.39 Å². The average molecular weight is 600 g/mol. The first kappa shape index (κ1) is 32.6. The third kappa shape index (κ3) is 8.53. The Hall–Kier alpha value is -2.94. The van der Waals surface area contributed by atoms with Gasteiger partial charge in [-0.3, -0.25) is 9.78 Å². The van der Waals surface area contributed by atoms with Crippen LogP contribution in [-0.2, 0) is 14.3 Å². The fourth-order valence-corrected chi connectivity index (χ4v) is 5.09. The molecule has 4 rings (SSSR count). The van der Waals surface area contributed by atoms with Crippen molar-refractivity contribution in [1.82, 2.24) is 9.88 Å². The number of likely N-dealkylation sites (tertiary alicyclic amines) is 1. The molecule has 7 N–H and O–H groups in total. The van der Waals surface area contributed by atoms with Gasteiger partial charge in [-0.2, -0.15) is 0 Å². The second-order valence-electron chi connectivity index (χ2n) is 10.5. The minimum atomic E-state index is -2.27. The number of β-amino-alcohol motifs (C(OH)–C–C–N with tert-alkyl or cyclic N) is 1. The number of ketones is 1. The lowest BCUT2D eigenvalue weighted by molar-refractivity contribution is -0.165. The highest BCUT2D eigenvalue weighted by molar-refractivity contribution is 6.35. The third-order valence-corrected chi connectivity index (χ3v) is 7.79. The Kier molecular flexibility index (Phi) is 11.0. The molecule has 2 fully saturated rings. The number of hydrogen-bond acceptors (Lipinski definition) is 10. The molecule has 0 spiro atoms. The van der Waals surface area contributed by atoms with E-state index in [1.165, 1.54) is 6.07 Å². The number of ether oxygens (including phenoxy) is 1. The van der Waals surface area contributed by atoms with Gasteiger partial charge in [0.2, 0.25) is 0 Å².